The van der Waals surface area contributed by atoms with Crippen LogP contribution < -0.4 is 10.6 Å². The van der Waals surface area contributed by atoms with Crippen molar-refractivity contribution in [1.29, 1.82) is 0 Å². The average Bonchev–Trinajstić information content (AvgIpc) is 2.94. The lowest BCUT2D eigenvalue weighted by molar-refractivity contribution is 0.187. The Hall–Kier alpha value is -0.830. The third-order valence-electron chi connectivity index (χ3n) is 5.24. The summed E-state index contributed by atoms with van der Waals surface area (Å²) in [4.78, 5) is 7.02. The van der Waals surface area contributed by atoms with Gasteiger partial charge < -0.3 is 15.5 Å². The van der Waals surface area contributed by atoms with Crippen LogP contribution in [-0.2, 0) is 26.4 Å². The monoisotopic (exact) mass is 490 g/mol. The Bertz CT molecular complexity index is 588. The van der Waals surface area contributed by atoms with Crippen LogP contribution in [0.15, 0.2) is 4.99 Å². The lowest BCUT2D eigenvalue weighted by atomic mass is 10.0. The van der Waals surface area contributed by atoms with Gasteiger partial charge in [-0.15, -0.1) is 24.0 Å². The van der Waals surface area contributed by atoms with Crippen molar-refractivity contribution in [2.75, 3.05) is 26.7 Å². The zero-order chi connectivity index (χ0) is 19.1. The van der Waals surface area contributed by atoms with E-state index >= 15 is 0 Å². The standard InChI is InChI=1S/C20H38N6.HI/c1-7-18-17(19(8-2)25(6)24-18)13-22-20(21-5)23-16-9-11-26(12-10-16)14-15(3)4;/h15-16H,7-14H2,1-6H3,(H2,21,22,23);1H. The number of rotatable bonds is 7. The van der Waals surface area contributed by atoms with Gasteiger partial charge in [-0.1, -0.05) is 27.7 Å². The molecule has 7 heteroatoms. The van der Waals surface area contributed by atoms with Crippen LogP contribution in [0.3, 0.4) is 0 Å². The maximum Gasteiger partial charge on any atom is 0.191 e. The molecule has 0 spiro atoms. The van der Waals surface area contributed by atoms with Gasteiger partial charge in [-0.25, -0.2) is 0 Å². The molecule has 0 aliphatic carbocycles. The second-order valence-electron chi connectivity index (χ2n) is 7.74. The molecule has 6 nitrogen and oxygen atoms in total. The van der Waals surface area contributed by atoms with Gasteiger partial charge in [0.1, 0.15) is 0 Å². The zero-order valence-corrected chi connectivity index (χ0v) is 20.3. The fraction of sp³-hybridized carbons (Fsp3) is 0.800. The Balaban J connectivity index is 0.00000364. The Morgan fingerprint density at radius 3 is 2.41 bits per heavy atom. The van der Waals surface area contributed by atoms with Gasteiger partial charge in [-0.05, 0) is 31.6 Å². The van der Waals surface area contributed by atoms with Gasteiger partial charge in [0.25, 0.3) is 0 Å². The highest BCUT2D eigenvalue weighted by Crippen LogP contribution is 2.15. The molecule has 0 aromatic carbocycles. The molecule has 1 aromatic heterocycles. The topological polar surface area (TPSA) is 57.5 Å². The summed E-state index contributed by atoms with van der Waals surface area (Å²) in [7, 11) is 3.90. The van der Waals surface area contributed by atoms with Gasteiger partial charge in [-0.3, -0.25) is 9.67 Å². The number of guanidine groups is 1. The molecule has 2 N–H and O–H groups in total. The maximum absolute atomic E-state index is 4.66. The lowest BCUT2D eigenvalue weighted by Crippen LogP contribution is -2.49. The van der Waals surface area contributed by atoms with E-state index in [9.17, 15) is 0 Å². The van der Waals surface area contributed by atoms with Crippen LogP contribution in [0.25, 0.3) is 0 Å². The van der Waals surface area contributed by atoms with E-state index in [0.29, 0.717) is 6.04 Å². The molecule has 1 saturated heterocycles. The minimum atomic E-state index is 0. The van der Waals surface area contributed by atoms with E-state index in [2.05, 4.69) is 53.3 Å². The largest absolute Gasteiger partial charge is 0.354 e. The van der Waals surface area contributed by atoms with Gasteiger partial charge >= 0.3 is 0 Å². The number of likely N-dealkylation sites (tertiary alicyclic amines) is 1. The summed E-state index contributed by atoms with van der Waals surface area (Å²) in [6.45, 7) is 13.3. The van der Waals surface area contributed by atoms with E-state index in [-0.39, 0.29) is 24.0 Å². The summed E-state index contributed by atoms with van der Waals surface area (Å²) in [5.41, 5.74) is 3.83. The molecule has 1 fully saturated rings. The third kappa shape index (κ3) is 6.93. The molecule has 2 rings (SSSR count). The van der Waals surface area contributed by atoms with Crippen molar-refractivity contribution in [3.05, 3.63) is 17.0 Å². The Morgan fingerprint density at radius 2 is 1.89 bits per heavy atom. The molecular weight excluding hydrogens is 451 g/mol. The summed E-state index contributed by atoms with van der Waals surface area (Å²) in [5.74, 6) is 1.65. The normalized spacial score (nSPS) is 16.5. The number of aryl methyl sites for hydroxylation is 2. The Morgan fingerprint density at radius 1 is 1.22 bits per heavy atom. The molecule has 27 heavy (non-hydrogen) atoms. The smallest absolute Gasteiger partial charge is 0.191 e. The molecule has 1 aliphatic heterocycles. The summed E-state index contributed by atoms with van der Waals surface area (Å²) >= 11 is 0. The van der Waals surface area contributed by atoms with Gasteiger partial charge in [0.05, 0.1) is 5.69 Å². The minimum absolute atomic E-state index is 0. The second-order valence-corrected chi connectivity index (χ2v) is 7.74. The summed E-state index contributed by atoms with van der Waals surface area (Å²) in [6.07, 6.45) is 4.33. The van der Waals surface area contributed by atoms with Crippen LogP contribution in [0, 0.1) is 5.92 Å². The molecule has 0 radical (unpaired) electrons. The molecule has 1 aromatic rings. The molecule has 0 atom stereocenters. The average molecular weight is 490 g/mol. The van der Waals surface area contributed by atoms with Crippen molar-refractivity contribution in [3.63, 3.8) is 0 Å². The quantitative estimate of drug-likeness (QED) is 0.351. The molecule has 0 unspecified atom stereocenters. The predicted molar refractivity (Wildman–Crippen MR) is 125 cm³/mol. The van der Waals surface area contributed by atoms with Crippen molar-refractivity contribution in [2.45, 2.75) is 66.0 Å². The van der Waals surface area contributed by atoms with Gasteiger partial charge in [-0.2, -0.15) is 5.10 Å². The number of halogens is 1. The maximum atomic E-state index is 4.66. The summed E-state index contributed by atoms with van der Waals surface area (Å²) < 4.78 is 2.02. The first-order valence-electron chi connectivity index (χ1n) is 10.2. The Labute approximate surface area is 182 Å². The van der Waals surface area contributed by atoms with E-state index in [1.807, 2.05) is 18.8 Å². The first-order valence-corrected chi connectivity index (χ1v) is 10.2. The summed E-state index contributed by atoms with van der Waals surface area (Å²) in [6, 6.07) is 0.509. The van der Waals surface area contributed by atoms with Gasteiger partial charge in [0.2, 0.25) is 0 Å². The molecular formula is C20H39IN6. The first kappa shape index (κ1) is 24.2. The van der Waals surface area contributed by atoms with Crippen molar-refractivity contribution >= 4 is 29.9 Å². The van der Waals surface area contributed by atoms with E-state index in [1.165, 1.54) is 49.4 Å². The van der Waals surface area contributed by atoms with Crippen LogP contribution >= 0.6 is 24.0 Å². The summed E-state index contributed by atoms with van der Waals surface area (Å²) in [5, 5.41) is 11.8. The number of hydrogen-bond acceptors (Lipinski definition) is 3. The molecule has 2 heterocycles. The highest BCUT2D eigenvalue weighted by molar-refractivity contribution is 14.0. The number of nitrogens with one attached hydrogen (secondary N) is 2. The van der Waals surface area contributed by atoms with E-state index < -0.39 is 0 Å². The predicted octanol–water partition coefficient (Wildman–Crippen LogP) is 2.95. The SMILES string of the molecule is CCc1nn(C)c(CC)c1CNC(=NC)NC1CCN(CC(C)C)CC1.I. The van der Waals surface area contributed by atoms with Crippen molar-refractivity contribution in [2.24, 2.45) is 18.0 Å². The minimum Gasteiger partial charge on any atom is -0.354 e. The molecule has 0 amide bonds. The van der Waals surface area contributed by atoms with Crippen LogP contribution in [0.4, 0.5) is 0 Å². The zero-order valence-electron chi connectivity index (χ0n) is 18.0. The fourth-order valence-electron chi connectivity index (χ4n) is 3.93. The van der Waals surface area contributed by atoms with E-state index in [0.717, 1.165) is 31.3 Å². The number of hydrogen-bond donors (Lipinski definition) is 2. The fourth-order valence-corrected chi connectivity index (χ4v) is 3.93. The van der Waals surface area contributed by atoms with E-state index in [1.54, 1.807) is 0 Å². The third-order valence-corrected chi connectivity index (χ3v) is 5.24. The van der Waals surface area contributed by atoms with E-state index in [4.69, 9.17) is 0 Å². The molecule has 0 saturated carbocycles. The number of nitrogens with zero attached hydrogens (tertiary/aromatic N) is 4. The van der Waals surface area contributed by atoms with Crippen molar-refractivity contribution in [1.82, 2.24) is 25.3 Å². The lowest BCUT2D eigenvalue weighted by Gasteiger charge is -2.34. The van der Waals surface area contributed by atoms with Gasteiger partial charge in [0, 0.05) is 57.6 Å². The van der Waals surface area contributed by atoms with Crippen LogP contribution in [0.2, 0.25) is 0 Å². The molecule has 1 aliphatic rings. The van der Waals surface area contributed by atoms with Crippen molar-refractivity contribution < 1.29 is 0 Å². The number of piperidine rings is 1. The number of aliphatic imine (C=N–C) groups is 1. The van der Waals surface area contributed by atoms with Crippen LogP contribution in [-0.4, -0.2) is 53.4 Å². The van der Waals surface area contributed by atoms with Gasteiger partial charge in [0.15, 0.2) is 5.96 Å². The van der Waals surface area contributed by atoms with Crippen LogP contribution in [0.5, 0.6) is 0 Å². The van der Waals surface area contributed by atoms with Crippen molar-refractivity contribution in [3.8, 4) is 0 Å². The Kier molecular flexibility index (Phi) is 10.7. The molecule has 0 bridgehead atoms. The van der Waals surface area contributed by atoms with Crippen LogP contribution in [0.1, 0.15) is 57.5 Å². The molecule has 156 valence electrons. The highest BCUT2D eigenvalue weighted by Gasteiger charge is 2.21. The highest BCUT2D eigenvalue weighted by atomic mass is 127. The second kappa shape index (κ2) is 11.9. The number of aromatic nitrogens is 2. The first-order chi connectivity index (χ1) is 12.5.